The molecule has 0 saturated heterocycles. The van der Waals surface area contributed by atoms with Crippen molar-refractivity contribution in [3.63, 3.8) is 0 Å². The Morgan fingerprint density at radius 1 is 1.45 bits per heavy atom. The number of nitrogens with zero attached hydrogens (tertiary/aromatic N) is 5. The van der Waals surface area contributed by atoms with Crippen LogP contribution in [0.5, 0.6) is 0 Å². The van der Waals surface area contributed by atoms with Crippen LogP contribution in [0.15, 0.2) is 24.8 Å². The van der Waals surface area contributed by atoms with Crippen LogP contribution < -0.4 is 0 Å². The van der Waals surface area contributed by atoms with Crippen molar-refractivity contribution in [2.75, 3.05) is 6.54 Å². The van der Waals surface area contributed by atoms with Gasteiger partial charge >= 0.3 is 0 Å². The molecule has 2 aromatic heterocycles. The number of aromatic nitrogens is 3. The van der Waals surface area contributed by atoms with Crippen LogP contribution in [0.4, 0.5) is 0 Å². The SMILES string of the molecule is N#CCN(C(=O)c1cnn2ccncc12)C1CCCC1. The van der Waals surface area contributed by atoms with Crippen LogP contribution in [0.1, 0.15) is 36.0 Å². The number of hydrogen-bond acceptors (Lipinski definition) is 4. The van der Waals surface area contributed by atoms with Crippen molar-refractivity contribution in [2.24, 2.45) is 0 Å². The standard InChI is InChI=1S/C14H15N5O/c15-5-7-18(11-3-1-2-4-11)14(20)12-9-17-19-8-6-16-10-13(12)19/h6,8-11H,1-4,7H2. The molecule has 102 valence electrons. The van der Waals surface area contributed by atoms with Crippen molar-refractivity contribution < 1.29 is 4.79 Å². The van der Waals surface area contributed by atoms with Gasteiger partial charge < -0.3 is 4.90 Å². The van der Waals surface area contributed by atoms with Gasteiger partial charge in [0.05, 0.1) is 29.5 Å². The molecule has 0 bridgehead atoms. The third-order valence-corrected chi connectivity index (χ3v) is 3.82. The highest BCUT2D eigenvalue weighted by atomic mass is 16.2. The molecule has 2 aromatic rings. The molecule has 2 heterocycles. The molecule has 0 spiro atoms. The maximum absolute atomic E-state index is 12.7. The average molecular weight is 269 g/mol. The van der Waals surface area contributed by atoms with Gasteiger partial charge in [-0.2, -0.15) is 10.4 Å². The highest BCUT2D eigenvalue weighted by Gasteiger charge is 2.28. The van der Waals surface area contributed by atoms with E-state index in [1.807, 2.05) is 0 Å². The van der Waals surface area contributed by atoms with Crippen molar-refractivity contribution in [3.05, 3.63) is 30.4 Å². The minimum Gasteiger partial charge on any atom is -0.322 e. The van der Waals surface area contributed by atoms with E-state index < -0.39 is 0 Å². The smallest absolute Gasteiger partial charge is 0.258 e. The minimum atomic E-state index is -0.124. The van der Waals surface area contributed by atoms with Gasteiger partial charge in [0, 0.05) is 18.4 Å². The van der Waals surface area contributed by atoms with Gasteiger partial charge in [0.15, 0.2) is 0 Å². The maximum Gasteiger partial charge on any atom is 0.258 e. The second kappa shape index (κ2) is 5.29. The van der Waals surface area contributed by atoms with Crippen LogP contribution in [-0.4, -0.2) is 38.0 Å². The fourth-order valence-electron chi connectivity index (χ4n) is 2.81. The molecule has 6 nitrogen and oxygen atoms in total. The Balaban J connectivity index is 1.94. The lowest BCUT2D eigenvalue weighted by molar-refractivity contribution is 0.0711. The molecule has 20 heavy (non-hydrogen) atoms. The molecule has 3 rings (SSSR count). The first-order valence-corrected chi connectivity index (χ1v) is 6.76. The Hall–Kier alpha value is -2.42. The normalized spacial score (nSPS) is 15.3. The molecule has 1 fully saturated rings. The molecule has 0 radical (unpaired) electrons. The summed E-state index contributed by atoms with van der Waals surface area (Å²) in [6.45, 7) is 0.126. The van der Waals surface area contributed by atoms with E-state index in [0.717, 1.165) is 25.7 Å². The topological polar surface area (TPSA) is 74.3 Å². The number of carbonyl (C=O) groups is 1. The highest BCUT2D eigenvalue weighted by Crippen LogP contribution is 2.25. The van der Waals surface area contributed by atoms with Gasteiger partial charge in [0.2, 0.25) is 0 Å². The largest absolute Gasteiger partial charge is 0.322 e. The Morgan fingerprint density at radius 2 is 2.25 bits per heavy atom. The molecule has 1 amide bonds. The molecule has 0 aromatic carbocycles. The summed E-state index contributed by atoms with van der Waals surface area (Å²) in [5, 5.41) is 13.1. The van der Waals surface area contributed by atoms with Crippen molar-refractivity contribution in [2.45, 2.75) is 31.7 Å². The molecule has 0 N–H and O–H groups in total. The molecular formula is C14H15N5O. The first-order chi connectivity index (χ1) is 9.81. The average Bonchev–Trinajstić information content (AvgIpc) is 3.13. The Kier molecular flexibility index (Phi) is 3.33. The summed E-state index contributed by atoms with van der Waals surface area (Å²) >= 11 is 0. The van der Waals surface area contributed by atoms with Crippen molar-refractivity contribution in [1.82, 2.24) is 19.5 Å². The summed E-state index contributed by atoms with van der Waals surface area (Å²) in [4.78, 5) is 18.4. The lowest BCUT2D eigenvalue weighted by Gasteiger charge is -2.26. The number of hydrogen-bond donors (Lipinski definition) is 0. The van der Waals surface area contributed by atoms with Crippen LogP contribution >= 0.6 is 0 Å². The van der Waals surface area contributed by atoms with Gasteiger partial charge in [-0.1, -0.05) is 12.8 Å². The number of carbonyl (C=O) groups excluding carboxylic acids is 1. The van der Waals surface area contributed by atoms with E-state index in [4.69, 9.17) is 5.26 Å². The van der Waals surface area contributed by atoms with Crippen LogP contribution in [0.25, 0.3) is 5.52 Å². The Bertz CT molecular complexity index is 665. The molecule has 6 heteroatoms. The second-order valence-corrected chi connectivity index (χ2v) is 4.99. The van der Waals surface area contributed by atoms with Gasteiger partial charge in [0.1, 0.15) is 6.54 Å². The fraction of sp³-hybridized carbons (Fsp3) is 0.429. The number of fused-ring (bicyclic) bond motifs is 1. The van der Waals surface area contributed by atoms with Crippen molar-refractivity contribution >= 4 is 11.4 Å². The van der Waals surface area contributed by atoms with E-state index in [2.05, 4.69) is 16.2 Å². The van der Waals surface area contributed by atoms with E-state index in [9.17, 15) is 4.79 Å². The number of nitriles is 1. The molecule has 0 aliphatic heterocycles. The zero-order chi connectivity index (χ0) is 13.9. The van der Waals surface area contributed by atoms with Crippen LogP contribution in [0.2, 0.25) is 0 Å². The van der Waals surface area contributed by atoms with E-state index in [1.165, 1.54) is 0 Å². The zero-order valence-corrected chi connectivity index (χ0v) is 11.1. The molecule has 0 unspecified atom stereocenters. The third kappa shape index (κ3) is 2.11. The monoisotopic (exact) mass is 269 g/mol. The summed E-state index contributed by atoms with van der Waals surface area (Å²) in [6.07, 6.45) is 10.7. The van der Waals surface area contributed by atoms with E-state index in [-0.39, 0.29) is 18.5 Å². The van der Waals surface area contributed by atoms with Crippen LogP contribution in [0.3, 0.4) is 0 Å². The van der Waals surface area contributed by atoms with Gasteiger partial charge in [-0.3, -0.25) is 9.78 Å². The summed E-state index contributed by atoms with van der Waals surface area (Å²) < 4.78 is 1.62. The van der Waals surface area contributed by atoms with Gasteiger partial charge in [0.25, 0.3) is 5.91 Å². The predicted molar refractivity (Wildman–Crippen MR) is 71.9 cm³/mol. The van der Waals surface area contributed by atoms with Gasteiger partial charge in [-0.25, -0.2) is 4.52 Å². The molecule has 0 atom stereocenters. The highest BCUT2D eigenvalue weighted by molar-refractivity contribution is 6.00. The van der Waals surface area contributed by atoms with Crippen LogP contribution in [0, 0.1) is 11.3 Å². The lowest BCUT2D eigenvalue weighted by atomic mass is 10.1. The van der Waals surface area contributed by atoms with E-state index >= 15 is 0 Å². The third-order valence-electron chi connectivity index (χ3n) is 3.82. The van der Waals surface area contributed by atoms with Gasteiger partial charge in [-0.15, -0.1) is 0 Å². The molecular weight excluding hydrogens is 254 g/mol. The van der Waals surface area contributed by atoms with Crippen molar-refractivity contribution in [1.29, 1.82) is 5.26 Å². The summed E-state index contributed by atoms with van der Waals surface area (Å²) in [5.41, 5.74) is 1.19. The second-order valence-electron chi connectivity index (χ2n) is 4.99. The lowest BCUT2D eigenvalue weighted by Crippen LogP contribution is -2.39. The minimum absolute atomic E-state index is 0.124. The van der Waals surface area contributed by atoms with Gasteiger partial charge in [-0.05, 0) is 12.8 Å². The fourth-order valence-corrected chi connectivity index (χ4v) is 2.81. The molecule has 1 aliphatic carbocycles. The van der Waals surface area contributed by atoms with E-state index in [0.29, 0.717) is 11.1 Å². The maximum atomic E-state index is 12.7. The number of amides is 1. The Morgan fingerprint density at radius 3 is 3.00 bits per heavy atom. The summed E-state index contributed by atoms with van der Waals surface area (Å²) in [5.74, 6) is -0.124. The summed E-state index contributed by atoms with van der Waals surface area (Å²) in [6, 6.07) is 2.27. The Labute approximate surface area is 116 Å². The molecule has 1 saturated carbocycles. The first kappa shape index (κ1) is 12.6. The zero-order valence-electron chi connectivity index (χ0n) is 11.1. The summed E-state index contributed by atoms with van der Waals surface area (Å²) in [7, 11) is 0. The first-order valence-electron chi connectivity index (χ1n) is 6.76. The molecule has 1 aliphatic rings. The number of rotatable bonds is 3. The van der Waals surface area contributed by atoms with Crippen LogP contribution in [-0.2, 0) is 0 Å². The van der Waals surface area contributed by atoms with Crippen molar-refractivity contribution in [3.8, 4) is 6.07 Å². The predicted octanol–water partition coefficient (Wildman–Crippen LogP) is 1.64. The van der Waals surface area contributed by atoms with E-state index in [1.54, 1.807) is 34.2 Å². The quantitative estimate of drug-likeness (QED) is 0.794.